The largest absolute Gasteiger partial charge is 0.497 e. The molecule has 0 spiro atoms. The molecule has 0 radical (unpaired) electrons. The molecule has 1 aromatic heterocycles. The lowest BCUT2D eigenvalue weighted by Gasteiger charge is -2.37. The van der Waals surface area contributed by atoms with E-state index in [4.69, 9.17) is 9.15 Å². The van der Waals surface area contributed by atoms with E-state index >= 15 is 0 Å². The number of piperazine rings is 1. The van der Waals surface area contributed by atoms with Crippen LogP contribution in [0.2, 0.25) is 0 Å². The fraction of sp³-hybridized carbons (Fsp3) is 0.526. The van der Waals surface area contributed by atoms with E-state index in [1.807, 2.05) is 29.2 Å². The van der Waals surface area contributed by atoms with Gasteiger partial charge in [0.05, 0.1) is 13.2 Å². The number of aromatic nitrogens is 2. The molecule has 1 saturated heterocycles. The summed E-state index contributed by atoms with van der Waals surface area (Å²) in [6, 6.07) is 7.96. The molecule has 0 bridgehead atoms. The Morgan fingerprint density at radius 2 is 1.88 bits per heavy atom. The van der Waals surface area contributed by atoms with Gasteiger partial charge < -0.3 is 14.1 Å². The second kappa shape index (κ2) is 8.31. The summed E-state index contributed by atoms with van der Waals surface area (Å²) in [6.45, 7) is 6.96. The van der Waals surface area contributed by atoms with Gasteiger partial charge in [0.25, 0.3) is 0 Å². The zero-order valence-corrected chi connectivity index (χ0v) is 15.6. The lowest BCUT2D eigenvalue weighted by atomic mass is 10.1. The highest BCUT2D eigenvalue weighted by molar-refractivity contribution is 5.76. The van der Waals surface area contributed by atoms with Crippen LogP contribution in [0.5, 0.6) is 5.75 Å². The van der Waals surface area contributed by atoms with Gasteiger partial charge in [-0.2, -0.15) is 0 Å². The Bertz CT molecular complexity index is 721. The molecule has 1 unspecified atom stereocenters. The summed E-state index contributed by atoms with van der Waals surface area (Å²) in [4.78, 5) is 16.7. The highest BCUT2D eigenvalue weighted by Crippen LogP contribution is 2.21. The fourth-order valence-electron chi connectivity index (χ4n) is 3.20. The second-order valence-corrected chi connectivity index (χ2v) is 6.60. The van der Waals surface area contributed by atoms with Gasteiger partial charge in [-0.15, -0.1) is 10.2 Å². The van der Waals surface area contributed by atoms with Crippen LogP contribution in [-0.2, 0) is 11.2 Å². The summed E-state index contributed by atoms with van der Waals surface area (Å²) in [5.74, 6) is 2.27. The van der Waals surface area contributed by atoms with Gasteiger partial charge in [0, 0.05) is 39.5 Å². The van der Waals surface area contributed by atoms with Crippen LogP contribution in [0.3, 0.4) is 0 Å². The van der Waals surface area contributed by atoms with E-state index in [1.54, 1.807) is 14.0 Å². The SMILES string of the molecule is COc1ccc(CCC(=O)N2CCN(C(C)c3nnc(C)o3)CC2)cc1. The molecule has 3 rings (SSSR count). The number of nitrogens with zero attached hydrogens (tertiary/aromatic N) is 4. The quantitative estimate of drug-likeness (QED) is 0.788. The molecule has 2 aromatic rings. The van der Waals surface area contributed by atoms with Crippen LogP contribution < -0.4 is 4.74 Å². The zero-order chi connectivity index (χ0) is 18.5. The number of carbonyl (C=O) groups excluding carboxylic acids is 1. The average molecular weight is 358 g/mol. The Balaban J connectivity index is 1.45. The number of benzene rings is 1. The van der Waals surface area contributed by atoms with Crippen molar-refractivity contribution in [1.29, 1.82) is 0 Å². The first-order chi connectivity index (χ1) is 12.6. The zero-order valence-electron chi connectivity index (χ0n) is 15.6. The van der Waals surface area contributed by atoms with E-state index in [1.165, 1.54) is 0 Å². The maximum absolute atomic E-state index is 12.5. The minimum absolute atomic E-state index is 0.0766. The molecule has 26 heavy (non-hydrogen) atoms. The number of aryl methyl sites for hydroxylation is 2. The standard InChI is InChI=1S/C19H26N4O3/c1-14(19-21-20-15(2)26-19)22-10-12-23(13-11-22)18(24)9-6-16-4-7-17(25-3)8-5-16/h4-5,7-8,14H,6,9-13H2,1-3H3. The Labute approximate surface area is 153 Å². The molecule has 2 heterocycles. The minimum atomic E-state index is 0.0766. The summed E-state index contributed by atoms with van der Waals surface area (Å²) in [5.41, 5.74) is 1.15. The van der Waals surface area contributed by atoms with Crippen LogP contribution in [0.25, 0.3) is 0 Å². The van der Waals surface area contributed by atoms with Crippen molar-refractivity contribution in [3.63, 3.8) is 0 Å². The molecular formula is C19H26N4O3. The monoisotopic (exact) mass is 358 g/mol. The number of methoxy groups -OCH3 is 1. The van der Waals surface area contributed by atoms with Gasteiger partial charge in [-0.1, -0.05) is 12.1 Å². The van der Waals surface area contributed by atoms with Gasteiger partial charge in [-0.3, -0.25) is 9.69 Å². The maximum atomic E-state index is 12.5. The summed E-state index contributed by atoms with van der Waals surface area (Å²) in [7, 11) is 1.65. The molecule has 1 aromatic carbocycles. The van der Waals surface area contributed by atoms with Crippen LogP contribution >= 0.6 is 0 Å². The number of amides is 1. The molecule has 1 amide bonds. The summed E-state index contributed by atoms with van der Waals surface area (Å²) >= 11 is 0. The van der Waals surface area contributed by atoms with E-state index in [0.717, 1.165) is 43.9 Å². The number of rotatable bonds is 6. The van der Waals surface area contributed by atoms with Crippen molar-refractivity contribution in [3.05, 3.63) is 41.6 Å². The molecule has 1 fully saturated rings. The van der Waals surface area contributed by atoms with Crippen molar-refractivity contribution in [3.8, 4) is 5.75 Å². The van der Waals surface area contributed by atoms with E-state index in [0.29, 0.717) is 18.2 Å². The third kappa shape index (κ3) is 4.40. The summed E-state index contributed by atoms with van der Waals surface area (Å²) in [5, 5.41) is 8.00. The Kier molecular flexibility index (Phi) is 5.88. The normalized spacial score (nSPS) is 16.5. The van der Waals surface area contributed by atoms with Crippen LogP contribution in [0.4, 0.5) is 0 Å². The third-order valence-corrected chi connectivity index (χ3v) is 4.90. The van der Waals surface area contributed by atoms with Crippen LogP contribution in [0.15, 0.2) is 28.7 Å². The molecule has 7 heteroatoms. The lowest BCUT2D eigenvalue weighted by molar-refractivity contribution is -0.133. The molecule has 0 aliphatic carbocycles. The molecule has 0 N–H and O–H groups in total. The van der Waals surface area contributed by atoms with Crippen molar-refractivity contribution in [2.24, 2.45) is 0 Å². The third-order valence-electron chi connectivity index (χ3n) is 4.90. The van der Waals surface area contributed by atoms with Crippen molar-refractivity contribution in [2.75, 3.05) is 33.3 Å². The molecule has 0 saturated carbocycles. The van der Waals surface area contributed by atoms with Crippen molar-refractivity contribution in [2.45, 2.75) is 32.7 Å². The fourth-order valence-corrected chi connectivity index (χ4v) is 3.20. The Morgan fingerprint density at radius 1 is 1.19 bits per heavy atom. The topological polar surface area (TPSA) is 71.7 Å². The maximum Gasteiger partial charge on any atom is 0.233 e. The first-order valence-electron chi connectivity index (χ1n) is 9.01. The average Bonchev–Trinajstić information content (AvgIpc) is 3.12. The molecule has 1 atom stereocenters. The molecule has 1 aliphatic rings. The first kappa shape index (κ1) is 18.4. The number of hydrogen-bond acceptors (Lipinski definition) is 6. The van der Waals surface area contributed by atoms with Crippen LogP contribution in [-0.4, -0.2) is 59.2 Å². The predicted molar refractivity (Wildman–Crippen MR) is 96.9 cm³/mol. The van der Waals surface area contributed by atoms with Crippen LogP contribution in [0.1, 0.15) is 36.7 Å². The number of carbonyl (C=O) groups is 1. The Hall–Kier alpha value is -2.41. The van der Waals surface area contributed by atoms with Crippen molar-refractivity contribution >= 4 is 5.91 Å². The predicted octanol–water partition coefficient (Wildman–Crippen LogP) is 2.22. The second-order valence-electron chi connectivity index (χ2n) is 6.60. The molecule has 140 valence electrons. The first-order valence-corrected chi connectivity index (χ1v) is 9.01. The van der Waals surface area contributed by atoms with Gasteiger partial charge >= 0.3 is 0 Å². The van der Waals surface area contributed by atoms with Gasteiger partial charge in [0.2, 0.25) is 17.7 Å². The number of hydrogen-bond donors (Lipinski definition) is 0. The van der Waals surface area contributed by atoms with Crippen molar-refractivity contribution in [1.82, 2.24) is 20.0 Å². The lowest BCUT2D eigenvalue weighted by Crippen LogP contribution is -2.49. The highest BCUT2D eigenvalue weighted by Gasteiger charge is 2.27. The highest BCUT2D eigenvalue weighted by atomic mass is 16.5. The van der Waals surface area contributed by atoms with E-state index in [9.17, 15) is 4.79 Å². The van der Waals surface area contributed by atoms with Gasteiger partial charge in [0.1, 0.15) is 5.75 Å². The van der Waals surface area contributed by atoms with Gasteiger partial charge in [-0.25, -0.2) is 0 Å². The van der Waals surface area contributed by atoms with E-state index < -0.39 is 0 Å². The molecular weight excluding hydrogens is 332 g/mol. The Morgan fingerprint density at radius 3 is 2.46 bits per heavy atom. The number of ether oxygens (including phenoxy) is 1. The summed E-state index contributed by atoms with van der Waals surface area (Å²) in [6.07, 6.45) is 1.28. The molecule has 7 nitrogen and oxygen atoms in total. The van der Waals surface area contributed by atoms with Gasteiger partial charge in [0.15, 0.2) is 0 Å². The van der Waals surface area contributed by atoms with E-state index in [-0.39, 0.29) is 11.9 Å². The van der Waals surface area contributed by atoms with Crippen molar-refractivity contribution < 1.29 is 13.9 Å². The van der Waals surface area contributed by atoms with E-state index in [2.05, 4.69) is 22.0 Å². The van der Waals surface area contributed by atoms with Crippen LogP contribution in [0, 0.1) is 6.92 Å². The smallest absolute Gasteiger partial charge is 0.233 e. The summed E-state index contributed by atoms with van der Waals surface area (Å²) < 4.78 is 10.7. The minimum Gasteiger partial charge on any atom is -0.497 e. The molecule has 1 aliphatic heterocycles. The van der Waals surface area contributed by atoms with Gasteiger partial charge in [-0.05, 0) is 31.0 Å².